The average Bonchev–Trinajstić information content (AvgIpc) is 3.41. The van der Waals surface area contributed by atoms with Gasteiger partial charge < -0.3 is 15.8 Å². The van der Waals surface area contributed by atoms with Gasteiger partial charge in [0.15, 0.2) is 10.1 Å². The Morgan fingerprint density at radius 1 is 1.27 bits per heavy atom. The molecule has 0 fully saturated rings. The van der Waals surface area contributed by atoms with Crippen molar-refractivity contribution in [2.45, 2.75) is 29.5 Å². The third-order valence-electron chi connectivity index (χ3n) is 6.48. The molecule has 2 aromatic carbocycles. The Balaban J connectivity index is 1.43. The number of nitrogens with zero attached hydrogens (tertiary/aromatic N) is 4. The SMILES string of the molecule is COc1ccccc1C1C(C#N)=C(N)N(c2nnc(SCC(=O)Nc3ccc(Cl)cc3Cl)s2)C2=C1C(=O)CCC2. The largest absolute Gasteiger partial charge is 0.496 e. The summed E-state index contributed by atoms with van der Waals surface area (Å²) in [7, 11) is 1.55. The van der Waals surface area contributed by atoms with Gasteiger partial charge in [0, 0.05) is 28.3 Å². The number of ketones is 1. The highest BCUT2D eigenvalue weighted by Crippen LogP contribution is 2.48. The van der Waals surface area contributed by atoms with E-state index in [1.165, 1.54) is 23.1 Å². The van der Waals surface area contributed by atoms with Gasteiger partial charge in [-0.1, -0.05) is 64.5 Å². The number of rotatable bonds is 7. The van der Waals surface area contributed by atoms with E-state index in [9.17, 15) is 14.9 Å². The van der Waals surface area contributed by atoms with Crippen molar-refractivity contribution in [3.63, 3.8) is 0 Å². The highest BCUT2D eigenvalue weighted by atomic mass is 35.5. The van der Waals surface area contributed by atoms with Gasteiger partial charge in [0.05, 0.1) is 41.1 Å². The van der Waals surface area contributed by atoms with Gasteiger partial charge in [0.2, 0.25) is 11.0 Å². The van der Waals surface area contributed by atoms with Gasteiger partial charge in [-0.3, -0.25) is 14.5 Å². The lowest BCUT2D eigenvalue weighted by Crippen LogP contribution is -2.38. The standard InChI is InChI=1S/C27H22Cl2N6O3S2/c1-38-21-8-3-2-5-15(21)23-16(12-30)25(31)35(19-6-4-7-20(36)24(19)23)26-33-34-27(40-26)39-13-22(37)32-18-10-9-14(28)11-17(18)29/h2-3,5,8-11,23H,4,6-7,13,31H2,1H3,(H,32,37). The predicted octanol–water partition coefficient (Wildman–Crippen LogP) is 5.89. The Kier molecular flexibility index (Phi) is 8.32. The van der Waals surface area contributed by atoms with Crippen LogP contribution in [0.5, 0.6) is 5.75 Å². The number of halogens is 2. The van der Waals surface area contributed by atoms with Crippen molar-refractivity contribution in [1.82, 2.24) is 10.2 Å². The fourth-order valence-electron chi connectivity index (χ4n) is 4.78. The number of benzene rings is 2. The molecule has 2 aliphatic rings. The topological polar surface area (TPSA) is 134 Å². The van der Waals surface area contributed by atoms with E-state index in [0.717, 1.165) is 0 Å². The van der Waals surface area contributed by atoms with E-state index in [1.54, 1.807) is 36.3 Å². The van der Waals surface area contributed by atoms with Gasteiger partial charge in [0.25, 0.3) is 0 Å². The monoisotopic (exact) mass is 612 g/mol. The van der Waals surface area contributed by atoms with E-state index in [4.69, 9.17) is 33.7 Å². The molecule has 40 heavy (non-hydrogen) atoms. The first-order valence-electron chi connectivity index (χ1n) is 12.1. The highest BCUT2D eigenvalue weighted by Gasteiger charge is 2.42. The van der Waals surface area contributed by atoms with Crippen LogP contribution in [0.2, 0.25) is 10.0 Å². The van der Waals surface area contributed by atoms with Gasteiger partial charge in [0.1, 0.15) is 11.6 Å². The molecule has 0 bridgehead atoms. The van der Waals surface area contributed by atoms with Gasteiger partial charge >= 0.3 is 0 Å². The molecule has 1 aliphatic carbocycles. The summed E-state index contributed by atoms with van der Waals surface area (Å²) < 4.78 is 6.09. The normalized spacial score (nSPS) is 17.0. The summed E-state index contributed by atoms with van der Waals surface area (Å²) in [5.41, 5.74) is 9.24. The number of nitrogens with one attached hydrogen (secondary N) is 1. The van der Waals surface area contributed by atoms with Crippen LogP contribution in [0.25, 0.3) is 0 Å². The van der Waals surface area contributed by atoms with Gasteiger partial charge in [-0.15, -0.1) is 10.2 Å². The summed E-state index contributed by atoms with van der Waals surface area (Å²) in [5, 5.41) is 22.7. The van der Waals surface area contributed by atoms with Crippen molar-refractivity contribution in [3.8, 4) is 11.8 Å². The summed E-state index contributed by atoms with van der Waals surface area (Å²) >= 11 is 14.5. The van der Waals surface area contributed by atoms with Crippen molar-refractivity contribution in [3.05, 3.63) is 80.7 Å². The van der Waals surface area contributed by atoms with E-state index in [1.807, 2.05) is 18.2 Å². The lowest BCUT2D eigenvalue weighted by atomic mass is 9.75. The number of hydrogen-bond donors (Lipinski definition) is 2. The number of allylic oxidation sites excluding steroid dienone is 3. The fourth-order valence-corrected chi connectivity index (χ4v) is 6.91. The maximum atomic E-state index is 13.3. The number of carbonyl (C=O) groups excluding carboxylic acids is 2. The van der Waals surface area contributed by atoms with Crippen molar-refractivity contribution in [1.29, 1.82) is 5.26 Å². The predicted molar refractivity (Wildman–Crippen MR) is 157 cm³/mol. The maximum Gasteiger partial charge on any atom is 0.234 e. The van der Waals surface area contributed by atoms with E-state index in [-0.39, 0.29) is 28.8 Å². The molecule has 0 saturated heterocycles. The van der Waals surface area contributed by atoms with Crippen molar-refractivity contribution < 1.29 is 14.3 Å². The van der Waals surface area contributed by atoms with Crippen molar-refractivity contribution in [2.75, 3.05) is 23.1 Å². The second-order valence-electron chi connectivity index (χ2n) is 8.87. The number of anilines is 2. The number of methoxy groups -OCH3 is 1. The molecular formula is C27H22Cl2N6O3S2. The van der Waals surface area contributed by atoms with Crippen LogP contribution in [0, 0.1) is 11.3 Å². The Labute approximate surface area is 248 Å². The molecule has 3 N–H and O–H groups in total. The van der Waals surface area contributed by atoms with Crippen LogP contribution in [0.15, 0.2) is 69.5 Å². The zero-order chi connectivity index (χ0) is 28.4. The van der Waals surface area contributed by atoms with Crippen LogP contribution >= 0.6 is 46.3 Å². The van der Waals surface area contributed by atoms with Crippen molar-refractivity contribution >= 4 is 68.8 Å². The molecule has 9 nitrogen and oxygen atoms in total. The van der Waals surface area contributed by atoms with E-state index in [0.29, 0.717) is 67.0 Å². The number of aromatic nitrogens is 2. The molecule has 1 atom stereocenters. The van der Waals surface area contributed by atoms with Crippen LogP contribution in [-0.2, 0) is 9.59 Å². The number of nitriles is 1. The minimum atomic E-state index is -0.648. The Bertz CT molecular complexity index is 1610. The van der Waals surface area contributed by atoms with Crippen LogP contribution in [0.4, 0.5) is 10.8 Å². The molecule has 204 valence electrons. The number of para-hydroxylation sites is 1. The summed E-state index contributed by atoms with van der Waals surface area (Å²) in [5.74, 6) is -0.152. The number of ether oxygens (including phenoxy) is 1. The molecule has 3 aromatic rings. The number of Topliss-reactive ketones (excluding diaryl/α,β-unsaturated/α-hetero) is 1. The van der Waals surface area contributed by atoms with Crippen LogP contribution in [-0.4, -0.2) is 34.8 Å². The van der Waals surface area contributed by atoms with Gasteiger partial charge in [-0.25, -0.2) is 0 Å². The molecule has 1 unspecified atom stereocenters. The Morgan fingerprint density at radius 3 is 2.83 bits per heavy atom. The van der Waals surface area contributed by atoms with E-state index >= 15 is 0 Å². The molecule has 1 amide bonds. The first kappa shape index (κ1) is 28.0. The highest BCUT2D eigenvalue weighted by molar-refractivity contribution is 8.01. The number of thioether (sulfide) groups is 1. The molecule has 5 rings (SSSR count). The smallest absolute Gasteiger partial charge is 0.234 e. The molecule has 1 aliphatic heterocycles. The van der Waals surface area contributed by atoms with Crippen molar-refractivity contribution in [2.24, 2.45) is 5.73 Å². The third-order valence-corrected chi connectivity index (χ3v) is 9.07. The maximum absolute atomic E-state index is 13.3. The second-order valence-corrected chi connectivity index (χ2v) is 11.9. The van der Waals surface area contributed by atoms with Crippen LogP contribution < -0.4 is 20.7 Å². The zero-order valence-corrected chi connectivity index (χ0v) is 24.3. The third kappa shape index (κ3) is 5.40. The zero-order valence-electron chi connectivity index (χ0n) is 21.1. The van der Waals surface area contributed by atoms with Gasteiger partial charge in [-0.2, -0.15) is 5.26 Å². The molecule has 13 heteroatoms. The molecule has 0 saturated carbocycles. The number of carbonyl (C=O) groups is 2. The summed E-state index contributed by atoms with van der Waals surface area (Å²) in [6, 6.07) is 14.4. The number of hydrogen-bond acceptors (Lipinski definition) is 10. The molecular weight excluding hydrogens is 591 g/mol. The van der Waals surface area contributed by atoms with Crippen LogP contribution in [0.3, 0.4) is 0 Å². The lowest BCUT2D eigenvalue weighted by Gasteiger charge is -2.38. The average molecular weight is 614 g/mol. The first-order valence-corrected chi connectivity index (χ1v) is 14.7. The molecule has 2 heterocycles. The van der Waals surface area contributed by atoms with E-state index in [2.05, 4.69) is 21.6 Å². The lowest BCUT2D eigenvalue weighted by molar-refractivity contribution is -0.116. The number of amides is 1. The minimum absolute atomic E-state index is 0.0425. The summed E-state index contributed by atoms with van der Waals surface area (Å²) in [4.78, 5) is 27.5. The fraction of sp³-hybridized carbons (Fsp3) is 0.222. The minimum Gasteiger partial charge on any atom is -0.496 e. The molecule has 1 aromatic heterocycles. The summed E-state index contributed by atoms with van der Waals surface area (Å²) in [6.45, 7) is 0. The van der Waals surface area contributed by atoms with Crippen LogP contribution in [0.1, 0.15) is 30.7 Å². The second kappa shape index (κ2) is 11.9. The quantitative estimate of drug-likeness (QED) is 0.313. The summed E-state index contributed by atoms with van der Waals surface area (Å²) in [6.07, 6.45) is 1.61. The Morgan fingerprint density at radius 2 is 2.08 bits per heavy atom. The molecule has 0 spiro atoms. The molecule has 0 radical (unpaired) electrons. The number of nitrogens with two attached hydrogens (primary N) is 1. The van der Waals surface area contributed by atoms with Gasteiger partial charge in [-0.05, 0) is 37.1 Å². The Hall–Kier alpha value is -3.56. The first-order chi connectivity index (χ1) is 19.3. The van der Waals surface area contributed by atoms with E-state index < -0.39 is 5.92 Å².